The van der Waals surface area contributed by atoms with Crippen molar-refractivity contribution in [3.8, 4) is 11.8 Å². The minimum absolute atomic E-state index is 0.213. The van der Waals surface area contributed by atoms with Crippen LogP contribution in [0.3, 0.4) is 0 Å². The summed E-state index contributed by atoms with van der Waals surface area (Å²) in [5.74, 6) is 1.04. The van der Waals surface area contributed by atoms with Gasteiger partial charge in [0.05, 0.1) is 30.4 Å². The van der Waals surface area contributed by atoms with Crippen molar-refractivity contribution in [2.75, 3.05) is 12.4 Å². The van der Waals surface area contributed by atoms with E-state index in [-0.39, 0.29) is 5.91 Å². The van der Waals surface area contributed by atoms with Crippen molar-refractivity contribution in [2.24, 2.45) is 0 Å². The Morgan fingerprint density at radius 1 is 1.29 bits per heavy atom. The van der Waals surface area contributed by atoms with Gasteiger partial charge in [-0.25, -0.2) is 0 Å². The standard InChI is InChI=1S/C20H18N4O3S/c1-13(19(25)22-16-5-3-4-15(10-16)12-21)28-20-24-23-18(27-20)11-14-6-8-17(26-2)9-7-14/h3-10,13H,11H2,1-2H3,(H,22,25). The minimum Gasteiger partial charge on any atom is -0.497 e. The maximum atomic E-state index is 12.4. The Kier molecular flexibility index (Phi) is 6.29. The van der Waals surface area contributed by atoms with Gasteiger partial charge in [-0.3, -0.25) is 4.79 Å². The second-order valence-electron chi connectivity index (χ2n) is 5.93. The lowest BCUT2D eigenvalue weighted by Gasteiger charge is -2.09. The van der Waals surface area contributed by atoms with Gasteiger partial charge in [-0.2, -0.15) is 5.26 Å². The number of anilines is 1. The first-order chi connectivity index (χ1) is 13.6. The zero-order valence-electron chi connectivity index (χ0n) is 15.4. The highest BCUT2D eigenvalue weighted by Crippen LogP contribution is 2.24. The van der Waals surface area contributed by atoms with Crippen LogP contribution in [-0.2, 0) is 11.2 Å². The van der Waals surface area contributed by atoms with Crippen molar-refractivity contribution >= 4 is 23.4 Å². The normalized spacial score (nSPS) is 11.5. The van der Waals surface area contributed by atoms with E-state index in [2.05, 4.69) is 15.5 Å². The molecule has 1 unspecified atom stereocenters. The molecule has 28 heavy (non-hydrogen) atoms. The monoisotopic (exact) mass is 394 g/mol. The Morgan fingerprint density at radius 2 is 2.07 bits per heavy atom. The number of ether oxygens (including phenoxy) is 1. The van der Waals surface area contributed by atoms with E-state index < -0.39 is 5.25 Å². The Morgan fingerprint density at radius 3 is 2.79 bits per heavy atom. The number of hydrogen-bond donors (Lipinski definition) is 1. The van der Waals surface area contributed by atoms with Crippen molar-refractivity contribution in [1.82, 2.24) is 10.2 Å². The molecule has 0 fully saturated rings. The summed E-state index contributed by atoms with van der Waals surface area (Å²) in [6, 6.07) is 16.4. The molecule has 1 heterocycles. The molecule has 0 aliphatic rings. The summed E-state index contributed by atoms with van der Waals surface area (Å²) in [4.78, 5) is 12.4. The first-order valence-corrected chi connectivity index (χ1v) is 9.38. The van der Waals surface area contributed by atoms with Gasteiger partial charge in [0.2, 0.25) is 11.8 Å². The van der Waals surface area contributed by atoms with Crippen LogP contribution in [0, 0.1) is 11.3 Å². The molecule has 0 aliphatic heterocycles. The molecule has 2 aromatic carbocycles. The predicted octanol–water partition coefficient (Wildman–Crippen LogP) is 3.66. The van der Waals surface area contributed by atoms with Gasteiger partial charge in [0.15, 0.2) is 0 Å². The molecule has 0 radical (unpaired) electrons. The van der Waals surface area contributed by atoms with Crippen molar-refractivity contribution in [3.05, 3.63) is 65.5 Å². The molecular formula is C20H18N4O3S. The van der Waals surface area contributed by atoms with Gasteiger partial charge >= 0.3 is 0 Å². The number of thioether (sulfide) groups is 1. The van der Waals surface area contributed by atoms with Crippen LogP contribution in [0.25, 0.3) is 0 Å². The number of benzene rings is 2. The van der Waals surface area contributed by atoms with Gasteiger partial charge in [0.1, 0.15) is 5.75 Å². The van der Waals surface area contributed by atoms with Gasteiger partial charge < -0.3 is 14.5 Å². The lowest BCUT2D eigenvalue weighted by molar-refractivity contribution is -0.115. The number of carbonyl (C=O) groups is 1. The number of aromatic nitrogens is 2. The number of rotatable bonds is 7. The zero-order valence-corrected chi connectivity index (χ0v) is 16.2. The highest BCUT2D eigenvalue weighted by molar-refractivity contribution is 8.00. The molecule has 0 spiro atoms. The average molecular weight is 394 g/mol. The van der Waals surface area contributed by atoms with Crippen LogP contribution in [0.2, 0.25) is 0 Å². The molecule has 7 nitrogen and oxygen atoms in total. The second-order valence-corrected chi connectivity index (χ2v) is 7.22. The third kappa shape index (κ3) is 5.11. The number of nitrogens with zero attached hydrogens (tertiary/aromatic N) is 3. The van der Waals surface area contributed by atoms with E-state index in [1.165, 1.54) is 11.8 Å². The van der Waals surface area contributed by atoms with Gasteiger partial charge in [-0.1, -0.05) is 30.0 Å². The quantitative estimate of drug-likeness (QED) is 0.610. The number of methoxy groups -OCH3 is 1. The largest absolute Gasteiger partial charge is 0.497 e. The van der Waals surface area contributed by atoms with E-state index in [1.807, 2.05) is 30.3 Å². The summed E-state index contributed by atoms with van der Waals surface area (Å²) in [6.45, 7) is 1.75. The number of nitrogens with one attached hydrogen (secondary N) is 1. The lowest BCUT2D eigenvalue weighted by atomic mass is 10.1. The molecule has 1 atom stereocenters. The fraction of sp³-hybridized carbons (Fsp3) is 0.200. The molecule has 3 rings (SSSR count). The molecule has 1 amide bonds. The van der Waals surface area contributed by atoms with Gasteiger partial charge in [-0.15, -0.1) is 10.2 Å². The number of hydrogen-bond acceptors (Lipinski definition) is 7. The van der Waals surface area contributed by atoms with Crippen LogP contribution in [0.15, 0.2) is 58.2 Å². The van der Waals surface area contributed by atoms with E-state index in [4.69, 9.17) is 14.4 Å². The summed E-state index contributed by atoms with van der Waals surface area (Å²) < 4.78 is 10.8. The molecule has 0 saturated heterocycles. The number of amides is 1. The van der Waals surface area contributed by atoms with Crippen molar-refractivity contribution < 1.29 is 13.9 Å². The fourth-order valence-corrected chi connectivity index (χ4v) is 3.09. The minimum atomic E-state index is -0.444. The molecule has 3 aromatic rings. The van der Waals surface area contributed by atoms with E-state index >= 15 is 0 Å². The molecule has 0 saturated carbocycles. The van der Waals surface area contributed by atoms with Crippen LogP contribution in [0.4, 0.5) is 5.69 Å². The zero-order chi connectivity index (χ0) is 19.9. The fourth-order valence-electron chi connectivity index (χ4n) is 2.39. The number of carbonyl (C=O) groups excluding carboxylic acids is 1. The van der Waals surface area contributed by atoms with Gasteiger partial charge in [0.25, 0.3) is 5.22 Å². The third-order valence-electron chi connectivity index (χ3n) is 3.87. The first kappa shape index (κ1) is 19.5. The molecule has 1 aromatic heterocycles. The molecular weight excluding hydrogens is 376 g/mol. The predicted molar refractivity (Wildman–Crippen MR) is 105 cm³/mol. The summed E-state index contributed by atoms with van der Waals surface area (Å²) in [7, 11) is 1.62. The summed E-state index contributed by atoms with van der Waals surface area (Å²) in [6.07, 6.45) is 0.499. The smallest absolute Gasteiger partial charge is 0.277 e. The summed E-state index contributed by atoms with van der Waals surface area (Å²) >= 11 is 1.18. The van der Waals surface area contributed by atoms with Crippen molar-refractivity contribution in [3.63, 3.8) is 0 Å². The molecule has 1 N–H and O–H groups in total. The highest BCUT2D eigenvalue weighted by atomic mass is 32.2. The SMILES string of the molecule is COc1ccc(Cc2nnc(SC(C)C(=O)Nc3cccc(C#N)c3)o2)cc1. The van der Waals surface area contributed by atoms with Crippen LogP contribution in [0.1, 0.15) is 23.9 Å². The topological polar surface area (TPSA) is 101 Å². The second kappa shape index (κ2) is 9.06. The highest BCUT2D eigenvalue weighted by Gasteiger charge is 2.18. The van der Waals surface area contributed by atoms with Crippen molar-refractivity contribution in [2.45, 2.75) is 23.8 Å². The third-order valence-corrected chi connectivity index (χ3v) is 4.80. The molecule has 0 bridgehead atoms. The Labute approximate surface area is 166 Å². The summed E-state index contributed by atoms with van der Waals surface area (Å²) in [5, 5.41) is 19.6. The van der Waals surface area contributed by atoms with Crippen LogP contribution >= 0.6 is 11.8 Å². The lowest BCUT2D eigenvalue weighted by Crippen LogP contribution is -2.22. The van der Waals surface area contributed by atoms with E-state index in [0.717, 1.165) is 11.3 Å². The molecule has 142 valence electrons. The van der Waals surface area contributed by atoms with Gasteiger partial charge in [-0.05, 0) is 42.8 Å². The first-order valence-electron chi connectivity index (χ1n) is 8.50. The summed E-state index contributed by atoms with van der Waals surface area (Å²) in [5.41, 5.74) is 2.07. The van der Waals surface area contributed by atoms with E-state index in [0.29, 0.717) is 28.8 Å². The maximum Gasteiger partial charge on any atom is 0.277 e. The van der Waals surface area contributed by atoms with Crippen molar-refractivity contribution in [1.29, 1.82) is 5.26 Å². The van der Waals surface area contributed by atoms with Crippen LogP contribution < -0.4 is 10.1 Å². The molecule has 8 heteroatoms. The van der Waals surface area contributed by atoms with E-state index in [9.17, 15) is 4.79 Å². The number of nitriles is 1. The van der Waals surface area contributed by atoms with Crippen LogP contribution in [-0.4, -0.2) is 28.5 Å². The Balaban J connectivity index is 1.57. The van der Waals surface area contributed by atoms with Crippen LogP contribution in [0.5, 0.6) is 5.75 Å². The molecule has 0 aliphatic carbocycles. The Hall–Kier alpha value is -3.31. The van der Waals surface area contributed by atoms with Gasteiger partial charge in [0, 0.05) is 5.69 Å². The Bertz CT molecular complexity index is 995. The maximum absolute atomic E-state index is 12.4. The van der Waals surface area contributed by atoms with E-state index in [1.54, 1.807) is 38.3 Å². The average Bonchev–Trinajstić information content (AvgIpc) is 3.15.